The summed E-state index contributed by atoms with van der Waals surface area (Å²) in [4.78, 5) is 4.29. The molecule has 0 saturated carbocycles. The molecule has 6 aromatic rings. The second-order valence-corrected chi connectivity index (χ2v) is 6.35. The SMILES string of the molecule is Fc1ccc(-n2cc(-c3nnc4c5ccccc5n5cncc5n34)nn2)cc1. The first-order chi connectivity index (χ1) is 13.8. The van der Waals surface area contributed by atoms with E-state index >= 15 is 0 Å². The van der Waals surface area contributed by atoms with Gasteiger partial charge in [-0.15, -0.1) is 15.3 Å². The van der Waals surface area contributed by atoms with Crippen LogP contribution in [0, 0.1) is 5.82 Å². The number of para-hydroxylation sites is 1. The Morgan fingerprint density at radius 2 is 1.75 bits per heavy atom. The zero-order chi connectivity index (χ0) is 18.7. The number of imidazole rings is 1. The topological polar surface area (TPSA) is 78.2 Å². The first-order valence-corrected chi connectivity index (χ1v) is 8.56. The Balaban J connectivity index is 1.61. The van der Waals surface area contributed by atoms with Crippen molar-refractivity contribution in [1.82, 2.24) is 39.0 Å². The molecular weight excluding hydrogens is 359 g/mol. The Hall–Kier alpha value is -4.14. The maximum Gasteiger partial charge on any atom is 0.192 e. The van der Waals surface area contributed by atoms with Crippen molar-refractivity contribution in [1.29, 1.82) is 0 Å². The van der Waals surface area contributed by atoms with Gasteiger partial charge >= 0.3 is 0 Å². The number of hydrogen-bond donors (Lipinski definition) is 0. The van der Waals surface area contributed by atoms with Crippen LogP contribution in [0.1, 0.15) is 0 Å². The van der Waals surface area contributed by atoms with Crippen molar-refractivity contribution < 1.29 is 4.39 Å². The molecule has 0 radical (unpaired) electrons. The molecule has 0 unspecified atom stereocenters. The fraction of sp³-hybridized carbons (Fsp3) is 0. The van der Waals surface area contributed by atoms with E-state index in [1.165, 1.54) is 12.1 Å². The van der Waals surface area contributed by atoms with E-state index in [1.54, 1.807) is 35.5 Å². The monoisotopic (exact) mass is 370 g/mol. The summed E-state index contributed by atoms with van der Waals surface area (Å²) in [5.41, 5.74) is 3.79. The van der Waals surface area contributed by atoms with E-state index in [2.05, 4.69) is 25.5 Å². The van der Waals surface area contributed by atoms with Gasteiger partial charge in [0.1, 0.15) is 17.8 Å². The summed E-state index contributed by atoms with van der Waals surface area (Å²) in [6.07, 6.45) is 5.26. The van der Waals surface area contributed by atoms with E-state index in [9.17, 15) is 4.39 Å². The minimum atomic E-state index is -0.303. The number of benzene rings is 2. The lowest BCUT2D eigenvalue weighted by atomic mass is 10.2. The number of halogens is 1. The van der Waals surface area contributed by atoms with Gasteiger partial charge < -0.3 is 0 Å². The highest BCUT2D eigenvalue weighted by molar-refractivity contribution is 5.94. The second kappa shape index (κ2) is 5.43. The van der Waals surface area contributed by atoms with E-state index in [0.717, 1.165) is 22.2 Å². The molecule has 0 fully saturated rings. The van der Waals surface area contributed by atoms with Gasteiger partial charge in [-0.05, 0) is 36.4 Å². The second-order valence-electron chi connectivity index (χ2n) is 6.35. The summed E-state index contributed by atoms with van der Waals surface area (Å²) in [6.45, 7) is 0. The smallest absolute Gasteiger partial charge is 0.192 e. The highest BCUT2D eigenvalue weighted by Crippen LogP contribution is 2.26. The van der Waals surface area contributed by atoms with Crippen LogP contribution in [0.25, 0.3) is 39.4 Å². The molecule has 0 bridgehead atoms. The average Bonchev–Trinajstić information content (AvgIpc) is 3.46. The number of aromatic nitrogens is 8. The number of rotatable bonds is 2. The van der Waals surface area contributed by atoms with Crippen LogP contribution in [-0.2, 0) is 0 Å². The normalized spacial score (nSPS) is 11.8. The van der Waals surface area contributed by atoms with Crippen molar-refractivity contribution in [3.05, 3.63) is 73.1 Å². The Bertz CT molecular complexity index is 1480. The fourth-order valence-electron chi connectivity index (χ4n) is 3.44. The third kappa shape index (κ3) is 2.01. The largest absolute Gasteiger partial charge is 0.284 e. The third-order valence-corrected chi connectivity index (χ3v) is 4.73. The van der Waals surface area contributed by atoms with Crippen LogP contribution in [0.3, 0.4) is 0 Å². The minimum Gasteiger partial charge on any atom is -0.284 e. The molecular formula is C19H11FN8. The molecule has 0 atom stereocenters. The lowest BCUT2D eigenvalue weighted by molar-refractivity contribution is 0.626. The number of nitrogens with zero attached hydrogens (tertiary/aromatic N) is 8. The van der Waals surface area contributed by atoms with E-state index in [4.69, 9.17) is 0 Å². The molecule has 8 nitrogen and oxygen atoms in total. The van der Waals surface area contributed by atoms with E-state index < -0.39 is 0 Å². The zero-order valence-corrected chi connectivity index (χ0v) is 14.3. The van der Waals surface area contributed by atoms with Crippen molar-refractivity contribution in [3.8, 4) is 17.2 Å². The lowest BCUT2D eigenvalue weighted by Crippen LogP contribution is -1.98. The summed E-state index contributed by atoms with van der Waals surface area (Å²) in [6, 6.07) is 14.0. The van der Waals surface area contributed by atoms with Crippen LogP contribution >= 0.6 is 0 Å². The highest BCUT2D eigenvalue weighted by Gasteiger charge is 2.18. The summed E-state index contributed by atoms with van der Waals surface area (Å²) in [5.74, 6) is 0.252. The molecule has 9 heteroatoms. The van der Waals surface area contributed by atoms with Crippen molar-refractivity contribution >= 4 is 22.2 Å². The summed E-state index contributed by atoms with van der Waals surface area (Å²) in [7, 11) is 0. The summed E-state index contributed by atoms with van der Waals surface area (Å²) in [5, 5.41) is 18.1. The molecule has 0 spiro atoms. The standard InChI is InChI=1S/C19H11FN8/c20-12-5-7-13(8-6-12)27-10-15(22-25-27)19-24-23-18-14-3-1-2-4-16(14)26-11-21-9-17(26)28(18)19/h1-11H. The van der Waals surface area contributed by atoms with Gasteiger partial charge in [0, 0.05) is 5.39 Å². The van der Waals surface area contributed by atoms with Gasteiger partial charge in [-0.2, -0.15) is 0 Å². The molecule has 4 heterocycles. The quantitative estimate of drug-likeness (QED) is 0.468. The lowest BCUT2D eigenvalue weighted by Gasteiger charge is -2.06. The van der Waals surface area contributed by atoms with Gasteiger partial charge in [0.15, 0.2) is 17.2 Å². The van der Waals surface area contributed by atoms with Crippen LogP contribution < -0.4 is 0 Å². The predicted molar refractivity (Wildman–Crippen MR) is 99.6 cm³/mol. The van der Waals surface area contributed by atoms with Crippen molar-refractivity contribution in [2.75, 3.05) is 0 Å². The van der Waals surface area contributed by atoms with E-state index in [-0.39, 0.29) is 5.82 Å². The highest BCUT2D eigenvalue weighted by atomic mass is 19.1. The summed E-state index contributed by atoms with van der Waals surface area (Å²) >= 11 is 0. The Morgan fingerprint density at radius 3 is 2.64 bits per heavy atom. The van der Waals surface area contributed by atoms with Gasteiger partial charge in [0.2, 0.25) is 0 Å². The van der Waals surface area contributed by atoms with Gasteiger partial charge in [-0.3, -0.25) is 8.80 Å². The van der Waals surface area contributed by atoms with Crippen molar-refractivity contribution in [2.45, 2.75) is 0 Å². The van der Waals surface area contributed by atoms with Crippen LogP contribution in [0.5, 0.6) is 0 Å². The molecule has 0 saturated heterocycles. The molecule has 0 aliphatic rings. The van der Waals surface area contributed by atoms with Crippen LogP contribution in [0.2, 0.25) is 0 Å². The predicted octanol–water partition coefficient (Wildman–Crippen LogP) is 2.92. The van der Waals surface area contributed by atoms with Crippen LogP contribution in [0.15, 0.2) is 67.3 Å². The Kier molecular flexibility index (Phi) is 2.90. The van der Waals surface area contributed by atoms with Gasteiger partial charge in [0.25, 0.3) is 0 Å². The van der Waals surface area contributed by atoms with E-state index in [1.807, 2.05) is 33.1 Å². The minimum absolute atomic E-state index is 0.303. The third-order valence-electron chi connectivity index (χ3n) is 4.73. The van der Waals surface area contributed by atoms with Crippen LogP contribution in [-0.4, -0.2) is 39.0 Å². The zero-order valence-electron chi connectivity index (χ0n) is 14.3. The van der Waals surface area contributed by atoms with E-state index in [0.29, 0.717) is 17.2 Å². The van der Waals surface area contributed by atoms with Gasteiger partial charge in [-0.25, -0.2) is 14.1 Å². The Labute approximate surface area is 156 Å². The molecule has 0 aliphatic heterocycles. The molecule has 6 rings (SSSR count). The number of hydrogen-bond acceptors (Lipinski definition) is 5. The van der Waals surface area contributed by atoms with Crippen LogP contribution in [0.4, 0.5) is 4.39 Å². The fourth-order valence-corrected chi connectivity index (χ4v) is 3.44. The summed E-state index contributed by atoms with van der Waals surface area (Å²) < 4.78 is 18.6. The van der Waals surface area contributed by atoms with Gasteiger partial charge in [0.05, 0.1) is 23.6 Å². The number of fused-ring (bicyclic) bond motifs is 6. The van der Waals surface area contributed by atoms with Crippen molar-refractivity contribution in [3.63, 3.8) is 0 Å². The van der Waals surface area contributed by atoms with Crippen molar-refractivity contribution in [2.24, 2.45) is 0 Å². The molecule has 0 aliphatic carbocycles. The Morgan fingerprint density at radius 1 is 0.893 bits per heavy atom. The molecule has 0 amide bonds. The molecule has 0 N–H and O–H groups in total. The maximum atomic E-state index is 13.2. The first kappa shape index (κ1) is 15.0. The molecule has 134 valence electrons. The maximum absolute atomic E-state index is 13.2. The first-order valence-electron chi connectivity index (χ1n) is 8.56. The van der Waals surface area contributed by atoms with Gasteiger partial charge in [-0.1, -0.05) is 17.3 Å². The molecule has 28 heavy (non-hydrogen) atoms. The molecule has 2 aromatic carbocycles. The molecule has 4 aromatic heterocycles. The average molecular weight is 370 g/mol.